The lowest BCUT2D eigenvalue weighted by Crippen LogP contribution is -2.27. The Kier molecular flexibility index (Phi) is 4.14. The standard InChI is InChI=1S/C17H15NO5/c1-2-21-12-6-5-11-8-14(17(20)23-15(11)9-12)16(19)18-10-13-4-3-7-22-13/h3-9H,2,10H2,1H3,(H,18,19). The second kappa shape index (κ2) is 6.39. The number of benzene rings is 1. The van der Waals surface area contributed by atoms with Crippen molar-refractivity contribution in [2.75, 3.05) is 6.61 Å². The third-order valence-corrected chi connectivity index (χ3v) is 3.27. The molecule has 23 heavy (non-hydrogen) atoms. The summed E-state index contributed by atoms with van der Waals surface area (Å²) in [5.74, 6) is 0.703. The summed E-state index contributed by atoms with van der Waals surface area (Å²) in [7, 11) is 0. The van der Waals surface area contributed by atoms with Gasteiger partial charge in [-0.15, -0.1) is 0 Å². The summed E-state index contributed by atoms with van der Waals surface area (Å²) in [6, 6.07) is 10.1. The molecule has 6 heteroatoms. The number of furan rings is 1. The molecule has 0 spiro atoms. The van der Waals surface area contributed by atoms with Gasteiger partial charge < -0.3 is 18.9 Å². The number of carbonyl (C=O) groups is 1. The van der Waals surface area contributed by atoms with Crippen LogP contribution < -0.4 is 15.7 Å². The molecule has 2 heterocycles. The van der Waals surface area contributed by atoms with Crippen LogP contribution in [0.4, 0.5) is 0 Å². The van der Waals surface area contributed by atoms with Crippen LogP contribution in [0, 0.1) is 0 Å². The maximum Gasteiger partial charge on any atom is 0.349 e. The van der Waals surface area contributed by atoms with Crippen molar-refractivity contribution in [3.63, 3.8) is 0 Å². The maximum absolute atomic E-state index is 12.1. The van der Waals surface area contributed by atoms with E-state index in [1.807, 2.05) is 6.92 Å². The molecule has 118 valence electrons. The van der Waals surface area contributed by atoms with Gasteiger partial charge in [0.1, 0.15) is 22.7 Å². The monoisotopic (exact) mass is 313 g/mol. The summed E-state index contributed by atoms with van der Waals surface area (Å²) < 4.78 is 15.7. The van der Waals surface area contributed by atoms with Crippen molar-refractivity contribution < 1.29 is 18.4 Å². The van der Waals surface area contributed by atoms with Crippen LogP contribution in [0.15, 0.2) is 56.3 Å². The predicted octanol–water partition coefficient (Wildman–Crippen LogP) is 2.71. The van der Waals surface area contributed by atoms with Crippen molar-refractivity contribution in [2.24, 2.45) is 0 Å². The van der Waals surface area contributed by atoms with Crippen LogP contribution in [0.2, 0.25) is 0 Å². The molecular weight excluding hydrogens is 298 g/mol. The number of fused-ring (bicyclic) bond motifs is 1. The van der Waals surface area contributed by atoms with E-state index in [-0.39, 0.29) is 12.1 Å². The molecule has 0 saturated carbocycles. The second-order valence-corrected chi connectivity index (χ2v) is 4.84. The molecule has 1 aromatic carbocycles. The molecule has 0 aliphatic rings. The van der Waals surface area contributed by atoms with Gasteiger partial charge in [0.2, 0.25) is 0 Å². The fourth-order valence-corrected chi connectivity index (χ4v) is 2.18. The highest BCUT2D eigenvalue weighted by atomic mass is 16.5. The lowest BCUT2D eigenvalue weighted by Gasteiger charge is -2.06. The molecule has 0 bridgehead atoms. The first-order valence-corrected chi connectivity index (χ1v) is 7.18. The molecule has 0 aliphatic carbocycles. The van der Waals surface area contributed by atoms with Gasteiger partial charge in [0, 0.05) is 11.5 Å². The van der Waals surface area contributed by atoms with Crippen molar-refractivity contribution >= 4 is 16.9 Å². The zero-order chi connectivity index (χ0) is 16.2. The molecule has 0 radical (unpaired) electrons. The Balaban J connectivity index is 1.85. The SMILES string of the molecule is CCOc1ccc2cc(C(=O)NCc3ccco3)c(=O)oc2c1. The summed E-state index contributed by atoms with van der Waals surface area (Å²) >= 11 is 0. The third-order valence-electron chi connectivity index (χ3n) is 3.27. The number of carbonyl (C=O) groups excluding carboxylic acids is 1. The molecular formula is C17H15NO5. The molecule has 1 amide bonds. The van der Waals surface area contributed by atoms with Gasteiger partial charge in [0.05, 0.1) is 19.4 Å². The average molecular weight is 313 g/mol. The minimum atomic E-state index is -0.692. The van der Waals surface area contributed by atoms with Crippen molar-refractivity contribution in [1.29, 1.82) is 0 Å². The zero-order valence-corrected chi connectivity index (χ0v) is 12.5. The van der Waals surface area contributed by atoms with E-state index in [0.29, 0.717) is 29.1 Å². The van der Waals surface area contributed by atoms with Crippen LogP contribution in [-0.2, 0) is 6.54 Å². The van der Waals surface area contributed by atoms with E-state index < -0.39 is 11.5 Å². The fraction of sp³-hybridized carbons (Fsp3) is 0.176. The molecule has 0 fully saturated rings. The van der Waals surface area contributed by atoms with E-state index in [1.165, 1.54) is 12.3 Å². The Labute approximate surface area is 131 Å². The van der Waals surface area contributed by atoms with E-state index in [9.17, 15) is 9.59 Å². The average Bonchev–Trinajstić information content (AvgIpc) is 3.05. The Bertz CT molecular complexity index is 880. The van der Waals surface area contributed by atoms with E-state index in [0.717, 1.165) is 0 Å². The van der Waals surface area contributed by atoms with Crippen LogP contribution in [0.25, 0.3) is 11.0 Å². The van der Waals surface area contributed by atoms with Crippen LogP contribution in [-0.4, -0.2) is 12.5 Å². The molecule has 3 aromatic rings. The van der Waals surface area contributed by atoms with E-state index in [4.69, 9.17) is 13.6 Å². The number of hydrogen-bond donors (Lipinski definition) is 1. The highest BCUT2D eigenvalue weighted by molar-refractivity contribution is 5.96. The molecule has 2 aromatic heterocycles. The molecule has 6 nitrogen and oxygen atoms in total. The van der Waals surface area contributed by atoms with Crippen molar-refractivity contribution in [1.82, 2.24) is 5.32 Å². The first-order chi connectivity index (χ1) is 11.2. The van der Waals surface area contributed by atoms with Gasteiger partial charge in [-0.2, -0.15) is 0 Å². The van der Waals surface area contributed by atoms with Gasteiger partial charge in [0.15, 0.2) is 0 Å². The van der Waals surface area contributed by atoms with Gasteiger partial charge in [-0.3, -0.25) is 4.79 Å². The summed E-state index contributed by atoms with van der Waals surface area (Å²) in [5, 5.41) is 3.27. The molecule has 3 rings (SSSR count). The lowest BCUT2D eigenvalue weighted by atomic mass is 10.1. The van der Waals surface area contributed by atoms with Crippen LogP contribution >= 0.6 is 0 Å². The van der Waals surface area contributed by atoms with Crippen molar-refractivity contribution in [3.8, 4) is 5.75 Å². The summed E-state index contributed by atoms with van der Waals surface area (Å²) in [5.41, 5.74) is -0.361. The molecule has 0 atom stereocenters. The van der Waals surface area contributed by atoms with Crippen molar-refractivity contribution in [3.05, 3.63) is 64.4 Å². The highest BCUT2D eigenvalue weighted by Gasteiger charge is 2.14. The quantitative estimate of drug-likeness (QED) is 0.732. The molecule has 0 aliphatic heterocycles. The van der Waals surface area contributed by atoms with Gasteiger partial charge in [-0.25, -0.2) is 4.79 Å². The van der Waals surface area contributed by atoms with Gasteiger partial charge in [-0.1, -0.05) is 0 Å². The number of hydrogen-bond acceptors (Lipinski definition) is 5. The summed E-state index contributed by atoms with van der Waals surface area (Å²) in [4.78, 5) is 24.1. The zero-order valence-electron chi connectivity index (χ0n) is 12.5. The van der Waals surface area contributed by atoms with E-state index in [1.54, 1.807) is 30.3 Å². The minimum Gasteiger partial charge on any atom is -0.494 e. The molecule has 1 N–H and O–H groups in total. The Hall–Kier alpha value is -3.02. The Morgan fingerprint density at radius 1 is 1.26 bits per heavy atom. The first-order valence-electron chi connectivity index (χ1n) is 7.18. The molecule has 0 saturated heterocycles. The number of amides is 1. The van der Waals surface area contributed by atoms with Crippen LogP contribution in [0.5, 0.6) is 5.75 Å². The highest BCUT2D eigenvalue weighted by Crippen LogP contribution is 2.20. The van der Waals surface area contributed by atoms with Crippen LogP contribution in [0.1, 0.15) is 23.0 Å². The first kappa shape index (κ1) is 14.9. The largest absolute Gasteiger partial charge is 0.494 e. The third kappa shape index (κ3) is 3.26. The van der Waals surface area contributed by atoms with Gasteiger partial charge in [-0.05, 0) is 37.3 Å². The lowest BCUT2D eigenvalue weighted by molar-refractivity contribution is 0.0944. The molecule has 0 unspecified atom stereocenters. The minimum absolute atomic E-state index is 0.0479. The number of rotatable bonds is 5. The number of nitrogens with one attached hydrogen (secondary N) is 1. The normalized spacial score (nSPS) is 10.7. The summed E-state index contributed by atoms with van der Waals surface area (Å²) in [6.45, 7) is 2.59. The topological polar surface area (TPSA) is 81.7 Å². The van der Waals surface area contributed by atoms with Crippen molar-refractivity contribution in [2.45, 2.75) is 13.5 Å². The fourth-order valence-electron chi connectivity index (χ4n) is 2.18. The van der Waals surface area contributed by atoms with Gasteiger partial charge in [0.25, 0.3) is 5.91 Å². The smallest absolute Gasteiger partial charge is 0.349 e. The van der Waals surface area contributed by atoms with Crippen LogP contribution in [0.3, 0.4) is 0 Å². The Morgan fingerprint density at radius 3 is 2.87 bits per heavy atom. The predicted molar refractivity (Wildman–Crippen MR) is 83.5 cm³/mol. The van der Waals surface area contributed by atoms with E-state index >= 15 is 0 Å². The summed E-state index contributed by atoms with van der Waals surface area (Å²) in [6.07, 6.45) is 1.52. The second-order valence-electron chi connectivity index (χ2n) is 4.84. The Morgan fingerprint density at radius 2 is 2.13 bits per heavy atom. The number of ether oxygens (including phenoxy) is 1. The van der Waals surface area contributed by atoms with E-state index in [2.05, 4.69) is 5.32 Å². The van der Waals surface area contributed by atoms with Gasteiger partial charge >= 0.3 is 5.63 Å². The maximum atomic E-state index is 12.1.